The van der Waals surface area contributed by atoms with Crippen molar-refractivity contribution in [3.63, 3.8) is 0 Å². The summed E-state index contributed by atoms with van der Waals surface area (Å²) in [7, 11) is 0. The maximum atomic E-state index is 15.0. The van der Waals surface area contributed by atoms with E-state index in [4.69, 9.17) is 15.6 Å². The molecule has 2 aliphatic rings. The topological polar surface area (TPSA) is 82.2 Å². The fourth-order valence-corrected chi connectivity index (χ4v) is 4.46. The third-order valence-electron chi connectivity index (χ3n) is 6.06. The van der Waals surface area contributed by atoms with Crippen LogP contribution in [0.5, 0.6) is 0 Å². The molecule has 156 valence electrons. The second-order valence-corrected chi connectivity index (χ2v) is 8.90. The van der Waals surface area contributed by atoms with Gasteiger partial charge in [0.25, 0.3) is 5.91 Å². The summed E-state index contributed by atoms with van der Waals surface area (Å²) in [5, 5.41) is 8.07. The molecule has 0 spiro atoms. The molecule has 7 heteroatoms. The highest BCUT2D eigenvalue weighted by molar-refractivity contribution is 5.99. The molecule has 1 aromatic carbocycles. The highest BCUT2D eigenvalue weighted by Gasteiger charge is 2.31. The molecule has 1 saturated heterocycles. The van der Waals surface area contributed by atoms with Crippen molar-refractivity contribution >= 4 is 11.6 Å². The Morgan fingerprint density at radius 2 is 2.24 bits per heavy atom. The lowest BCUT2D eigenvalue weighted by atomic mass is 9.76. The third-order valence-corrected chi connectivity index (χ3v) is 6.06. The van der Waals surface area contributed by atoms with Crippen LogP contribution in [0.25, 0.3) is 5.69 Å². The van der Waals surface area contributed by atoms with Crippen LogP contribution in [0.2, 0.25) is 0 Å². The van der Waals surface area contributed by atoms with Crippen LogP contribution >= 0.6 is 0 Å². The highest BCUT2D eigenvalue weighted by Crippen LogP contribution is 2.38. The minimum atomic E-state index is -0.784. The molecule has 1 amide bonds. The molecule has 6 nitrogen and oxygen atoms in total. The van der Waals surface area contributed by atoms with E-state index in [2.05, 4.69) is 26.1 Å². The van der Waals surface area contributed by atoms with E-state index in [1.54, 1.807) is 6.07 Å². The number of ether oxygens (including phenoxy) is 1. The van der Waals surface area contributed by atoms with Gasteiger partial charge in [-0.1, -0.05) is 20.8 Å². The minimum Gasteiger partial charge on any atom is -0.379 e. The third kappa shape index (κ3) is 3.75. The zero-order valence-corrected chi connectivity index (χ0v) is 17.3. The Kier molecular flexibility index (Phi) is 5.11. The average Bonchev–Trinajstić information content (AvgIpc) is 3.27. The van der Waals surface area contributed by atoms with Crippen LogP contribution in [0, 0.1) is 11.2 Å². The van der Waals surface area contributed by atoms with Gasteiger partial charge in [0.1, 0.15) is 5.82 Å². The van der Waals surface area contributed by atoms with Crippen molar-refractivity contribution in [2.24, 2.45) is 11.1 Å². The molecule has 0 radical (unpaired) electrons. The number of hydrogen-bond donors (Lipinski definition) is 2. The van der Waals surface area contributed by atoms with Gasteiger partial charge < -0.3 is 15.8 Å². The number of nitrogens with one attached hydrogen (secondary N) is 1. The number of hydrogen-bond acceptors (Lipinski definition) is 4. The van der Waals surface area contributed by atoms with Crippen LogP contribution in [0.1, 0.15) is 60.9 Å². The van der Waals surface area contributed by atoms with Gasteiger partial charge in [-0.25, -0.2) is 9.07 Å². The molecule has 1 aliphatic carbocycles. The Morgan fingerprint density at radius 1 is 1.45 bits per heavy atom. The predicted molar refractivity (Wildman–Crippen MR) is 110 cm³/mol. The van der Waals surface area contributed by atoms with Crippen molar-refractivity contribution < 1.29 is 13.9 Å². The quantitative estimate of drug-likeness (QED) is 0.806. The molecule has 3 N–H and O–H groups in total. The number of amides is 1. The summed E-state index contributed by atoms with van der Waals surface area (Å²) in [6.45, 7) is 7.77. The van der Waals surface area contributed by atoms with Gasteiger partial charge in [0.2, 0.25) is 0 Å². The molecule has 1 aliphatic heterocycles. The number of aryl methyl sites for hydroxylation is 1. The first-order chi connectivity index (χ1) is 13.8. The fourth-order valence-electron chi connectivity index (χ4n) is 4.46. The molecule has 2 aromatic rings. The molecule has 0 unspecified atom stereocenters. The molecule has 0 bridgehead atoms. The Hall–Kier alpha value is -2.41. The summed E-state index contributed by atoms with van der Waals surface area (Å²) < 4.78 is 22.2. The lowest BCUT2D eigenvalue weighted by Crippen LogP contribution is -2.25. The fraction of sp³-hybridized carbons (Fsp3) is 0.545. The maximum absolute atomic E-state index is 15.0. The maximum Gasteiger partial charge on any atom is 0.253 e. The Balaban J connectivity index is 1.82. The van der Waals surface area contributed by atoms with Gasteiger partial charge in [-0.3, -0.25) is 4.79 Å². The number of carbonyl (C=O) groups excluding carboxylic acids is 1. The van der Waals surface area contributed by atoms with Gasteiger partial charge in [-0.15, -0.1) is 0 Å². The summed E-state index contributed by atoms with van der Waals surface area (Å²) in [6.07, 6.45) is 4.62. The second-order valence-electron chi connectivity index (χ2n) is 8.90. The average molecular weight is 400 g/mol. The first-order valence-corrected chi connectivity index (χ1v) is 10.4. The van der Waals surface area contributed by atoms with Gasteiger partial charge in [0, 0.05) is 18.4 Å². The minimum absolute atomic E-state index is 0.0272. The summed E-state index contributed by atoms with van der Waals surface area (Å²) in [4.78, 5) is 11.9. The SMILES string of the molecule is CCc1nn(-c2cc(F)c(C(N)=O)c(N[C@H]3CCOC3)c2)c2c1CCC(C)(C)C2. The van der Waals surface area contributed by atoms with Gasteiger partial charge in [-0.05, 0) is 49.1 Å². The van der Waals surface area contributed by atoms with E-state index in [9.17, 15) is 9.18 Å². The first kappa shape index (κ1) is 19.9. The van der Waals surface area contributed by atoms with Gasteiger partial charge in [0.15, 0.2) is 0 Å². The van der Waals surface area contributed by atoms with E-state index in [-0.39, 0.29) is 17.0 Å². The molecule has 2 heterocycles. The van der Waals surface area contributed by atoms with Crippen LogP contribution in [-0.4, -0.2) is 34.9 Å². The predicted octanol–water partition coefficient (Wildman–Crippen LogP) is 3.39. The summed E-state index contributed by atoms with van der Waals surface area (Å²) >= 11 is 0. The van der Waals surface area contributed by atoms with Gasteiger partial charge in [-0.2, -0.15) is 5.10 Å². The van der Waals surface area contributed by atoms with Crippen LogP contribution < -0.4 is 11.1 Å². The summed E-state index contributed by atoms with van der Waals surface area (Å²) in [5.74, 6) is -1.41. The van der Waals surface area contributed by atoms with E-state index in [1.807, 2.05) is 4.68 Å². The largest absolute Gasteiger partial charge is 0.379 e. The Morgan fingerprint density at radius 3 is 2.90 bits per heavy atom. The van der Waals surface area contributed by atoms with Crippen molar-refractivity contribution in [2.45, 2.75) is 58.9 Å². The monoisotopic (exact) mass is 400 g/mol. The second kappa shape index (κ2) is 7.44. The number of anilines is 1. The van der Waals surface area contributed by atoms with Crippen LogP contribution in [0.4, 0.5) is 10.1 Å². The number of primary amides is 1. The lowest BCUT2D eigenvalue weighted by molar-refractivity contribution is 0.0997. The van der Waals surface area contributed by atoms with Crippen molar-refractivity contribution in [1.82, 2.24) is 9.78 Å². The molecule has 1 atom stereocenters. The summed E-state index contributed by atoms with van der Waals surface area (Å²) in [5.41, 5.74) is 10.0. The number of halogens is 1. The Labute approximate surface area is 170 Å². The molecule has 1 aromatic heterocycles. The summed E-state index contributed by atoms with van der Waals surface area (Å²) in [6, 6.07) is 3.18. The lowest BCUT2D eigenvalue weighted by Gasteiger charge is -2.30. The number of nitrogens with two attached hydrogens (primary N) is 1. The number of aromatic nitrogens is 2. The first-order valence-electron chi connectivity index (χ1n) is 10.4. The van der Waals surface area contributed by atoms with E-state index in [0.29, 0.717) is 24.6 Å². The molecule has 4 rings (SSSR count). The number of nitrogens with zero attached hydrogens (tertiary/aromatic N) is 2. The van der Waals surface area contributed by atoms with E-state index in [0.717, 1.165) is 43.5 Å². The van der Waals surface area contributed by atoms with E-state index in [1.165, 1.54) is 11.6 Å². The van der Waals surface area contributed by atoms with Gasteiger partial charge >= 0.3 is 0 Å². The smallest absolute Gasteiger partial charge is 0.253 e. The van der Waals surface area contributed by atoms with Crippen LogP contribution in [0.3, 0.4) is 0 Å². The normalized spacial score (nSPS) is 20.5. The van der Waals surface area contributed by atoms with E-state index >= 15 is 0 Å². The zero-order valence-electron chi connectivity index (χ0n) is 17.3. The number of benzene rings is 1. The van der Waals surface area contributed by atoms with Crippen molar-refractivity contribution in [1.29, 1.82) is 0 Å². The van der Waals surface area contributed by atoms with Crippen molar-refractivity contribution in [3.05, 3.63) is 40.5 Å². The number of fused-ring (bicyclic) bond motifs is 1. The van der Waals surface area contributed by atoms with Crippen molar-refractivity contribution in [3.8, 4) is 5.69 Å². The van der Waals surface area contributed by atoms with Crippen molar-refractivity contribution in [2.75, 3.05) is 18.5 Å². The molecule has 0 saturated carbocycles. The van der Waals surface area contributed by atoms with Crippen LogP contribution in [0.15, 0.2) is 12.1 Å². The number of carbonyl (C=O) groups is 1. The van der Waals surface area contributed by atoms with Gasteiger partial charge in [0.05, 0.1) is 35.3 Å². The Bertz CT molecular complexity index is 945. The van der Waals surface area contributed by atoms with Crippen LogP contribution in [-0.2, 0) is 24.0 Å². The standard InChI is InChI=1S/C22H29FN4O2/c1-4-17-15-5-7-22(2,3)11-19(15)27(26-17)14-9-16(23)20(21(24)28)18(10-14)25-13-6-8-29-12-13/h9-10,13,25H,4-8,11-12H2,1-3H3,(H2,24,28)/t13-/m0/s1. The highest BCUT2D eigenvalue weighted by atomic mass is 19.1. The molecular weight excluding hydrogens is 371 g/mol. The molecular formula is C22H29FN4O2. The molecule has 29 heavy (non-hydrogen) atoms. The number of rotatable bonds is 5. The zero-order chi connectivity index (χ0) is 20.8. The van der Waals surface area contributed by atoms with E-state index < -0.39 is 11.7 Å². The molecule has 1 fully saturated rings.